The molecule has 0 spiro atoms. The first-order valence-corrected chi connectivity index (χ1v) is 6.10. The fourth-order valence-electron chi connectivity index (χ4n) is 1.65. The molecule has 84 valence electrons. The van der Waals surface area contributed by atoms with Crippen molar-refractivity contribution in [3.8, 4) is 0 Å². The van der Waals surface area contributed by atoms with Crippen LogP contribution in [-0.4, -0.2) is 12.8 Å². The Labute approximate surface area is 90.0 Å². The minimum absolute atomic E-state index is 0.483. The molecule has 0 aliphatic heterocycles. The maximum absolute atomic E-state index is 4.45. The fraction of sp³-hybridized carbons (Fsp3) is 0.923. The molecule has 0 saturated carbocycles. The summed E-state index contributed by atoms with van der Waals surface area (Å²) in [6, 6.07) is 0. The van der Waals surface area contributed by atoms with E-state index in [0.29, 0.717) is 5.41 Å². The van der Waals surface area contributed by atoms with E-state index in [0.717, 1.165) is 13.0 Å². The Kier molecular flexibility index (Phi) is 7.83. The van der Waals surface area contributed by atoms with E-state index >= 15 is 0 Å². The van der Waals surface area contributed by atoms with Crippen LogP contribution in [-0.2, 0) is 0 Å². The zero-order valence-corrected chi connectivity index (χ0v) is 10.5. The van der Waals surface area contributed by atoms with E-state index in [2.05, 4.69) is 38.9 Å². The highest BCUT2D eigenvalue weighted by Crippen LogP contribution is 2.26. The van der Waals surface area contributed by atoms with E-state index < -0.39 is 0 Å². The second kappa shape index (κ2) is 8.02. The maximum Gasteiger partial charge on any atom is 0.0390 e. The fourth-order valence-corrected chi connectivity index (χ4v) is 1.65. The molecule has 1 heteroatoms. The number of nitrogens with zero attached hydrogens (tertiary/aromatic N) is 1. The Hall–Kier alpha value is -0.330. The number of hydrogen-bond acceptors (Lipinski definition) is 1. The van der Waals surface area contributed by atoms with Crippen LogP contribution in [0, 0.1) is 5.41 Å². The van der Waals surface area contributed by atoms with Crippen LogP contribution >= 0.6 is 0 Å². The zero-order chi connectivity index (χ0) is 10.9. The SMILES string of the molecule is CCCCC=NCCC(C)(C)CCC. The van der Waals surface area contributed by atoms with Gasteiger partial charge < -0.3 is 0 Å². The molecular formula is C13H27N. The van der Waals surface area contributed by atoms with Gasteiger partial charge in [0.1, 0.15) is 0 Å². The monoisotopic (exact) mass is 197 g/mol. The smallest absolute Gasteiger partial charge is 0.0390 e. The summed E-state index contributed by atoms with van der Waals surface area (Å²) in [5, 5.41) is 0. The molecule has 0 amide bonds. The molecule has 0 aromatic heterocycles. The highest BCUT2D eigenvalue weighted by atomic mass is 14.7. The lowest BCUT2D eigenvalue weighted by Gasteiger charge is -2.22. The first-order chi connectivity index (χ1) is 6.62. The van der Waals surface area contributed by atoms with Crippen LogP contribution in [0.15, 0.2) is 4.99 Å². The molecule has 0 saturated heterocycles. The first-order valence-electron chi connectivity index (χ1n) is 6.10. The van der Waals surface area contributed by atoms with E-state index in [1.165, 1.54) is 32.1 Å². The number of aliphatic imine (C=N–C) groups is 1. The van der Waals surface area contributed by atoms with Crippen molar-refractivity contribution in [3.05, 3.63) is 0 Å². The van der Waals surface area contributed by atoms with Gasteiger partial charge in [-0.1, -0.05) is 40.5 Å². The van der Waals surface area contributed by atoms with Gasteiger partial charge in [0.25, 0.3) is 0 Å². The molecule has 0 aromatic rings. The van der Waals surface area contributed by atoms with E-state index in [9.17, 15) is 0 Å². The number of hydrogen-bond donors (Lipinski definition) is 0. The summed E-state index contributed by atoms with van der Waals surface area (Å²) in [6.45, 7) is 10.2. The molecule has 0 rings (SSSR count). The first kappa shape index (κ1) is 13.7. The molecular weight excluding hydrogens is 170 g/mol. The second-order valence-electron chi connectivity index (χ2n) is 4.90. The van der Waals surface area contributed by atoms with Gasteiger partial charge in [0, 0.05) is 6.54 Å². The molecule has 0 heterocycles. The van der Waals surface area contributed by atoms with Crippen LogP contribution in [0.4, 0.5) is 0 Å². The van der Waals surface area contributed by atoms with Crippen molar-refractivity contribution < 1.29 is 0 Å². The van der Waals surface area contributed by atoms with Gasteiger partial charge >= 0.3 is 0 Å². The molecule has 0 atom stereocenters. The van der Waals surface area contributed by atoms with Crippen LogP contribution in [0.1, 0.15) is 66.2 Å². The average molecular weight is 197 g/mol. The summed E-state index contributed by atoms with van der Waals surface area (Å²) in [6.07, 6.45) is 9.64. The molecule has 0 radical (unpaired) electrons. The van der Waals surface area contributed by atoms with Gasteiger partial charge in [0.05, 0.1) is 0 Å². The van der Waals surface area contributed by atoms with Gasteiger partial charge in [0.15, 0.2) is 0 Å². The molecule has 1 nitrogen and oxygen atoms in total. The summed E-state index contributed by atoms with van der Waals surface area (Å²) in [5.41, 5.74) is 0.483. The minimum Gasteiger partial charge on any atom is -0.298 e. The number of unbranched alkanes of at least 4 members (excludes halogenated alkanes) is 2. The molecule has 0 bridgehead atoms. The van der Waals surface area contributed by atoms with E-state index in [1.807, 2.05) is 0 Å². The van der Waals surface area contributed by atoms with Crippen molar-refractivity contribution in [1.29, 1.82) is 0 Å². The van der Waals surface area contributed by atoms with Gasteiger partial charge in [0.2, 0.25) is 0 Å². The molecule has 0 aromatic carbocycles. The molecule has 0 fully saturated rings. The van der Waals surface area contributed by atoms with Gasteiger partial charge in [-0.15, -0.1) is 0 Å². The lowest BCUT2D eigenvalue weighted by Crippen LogP contribution is -2.12. The van der Waals surface area contributed by atoms with Crippen LogP contribution in [0.3, 0.4) is 0 Å². The Balaban J connectivity index is 3.46. The topological polar surface area (TPSA) is 12.4 Å². The third-order valence-corrected chi connectivity index (χ3v) is 2.66. The minimum atomic E-state index is 0.483. The summed E-state index contributed by atoms with van der Waals surface area (Å²) >= 11 is 0. The largest absolute Gasteiger partial charge is 0.298 e. The van der Waals surface area contributed by atoms with Crippen molar-refractivity contribution in [2.75, 3.05) is 6.54 Å². The maximum atomic E-state index is 4.45. The summed E-state index contributed by atoms with van der Waals surface area (Å²) in [7, 11) is 0. The van der Waals surface area contributed by atoms with E-state index in [-0.39, 0.29) is 0 Å². The molecule has 0 aliphatic carbocycles. The van der Waals surface area contributed by atoms with Crippen molar-refractivity contribution in [2.45, 2.75) is 66.2 Å². The standard InChI is InChI=1S/C13H27N/c1-5-7-8-11-14-12-10-13(3,4)9-6-2/h11H,5-10,12H2,1-4H3. The summed E-state index contributed by atoms with van der Waals surface area (Å²) in [5.74, 6) is 0. The summed E-state index contributed by atoms with van der Waals surface area (Å²) < 4.78 is 0. The molecule has 0 N–H and O–H groups in total. The van der Waals surface area contributed by atoms with Gasteiger partial charge in [-0.25, -0.2) is 0 Å². The average Bonchev–Trinajstić information content (AvgIpc) is 2.11. The second-order valence-corrected chi connectivity index (χ2v) is 4.90. The van der Waals surface area contributed by atoms with Gasteiger partial charge in [-0.2, -0.15) is 0 Å². The van der Waals surface area contributed by atoms with Crippen LogP contribution < -0.4 is 0 Å². The van der Waals surface area contributed by atoms with Crippen LogP contribution in [0.5, 0.6) is 0 Å². The third kappa shape index (κ3) is 8.28. The lowest BCUT2D eigenvalue weighted by molar-refractivity contribution is 0.310. The quantitative estimate of drug-likeness (QED) is 0.402. The predicted molar refractivity (Wildman–Crippen MR) is 66.2 cm³/mol. The Morgan fingerprint density at radius 2 is 1.79 bits per heavy atom. The number of rotatable bonds is 8. The highest BCUT2D eigenvalue weighted by molar-refractivity contribution is 5.56. The van der Waals surface area contributed by atoms with Crippen molar-refractivity contribution in [2.24, 2.45) is 10.4 Å². The van der Waals surface area contributed by atoms with Gasteiger partial charge in [-0.05, 0) is 37.3 Å². The molecule has 14 heavy (non-hydrogen) atoms. The highest BCUT2D eigenvalue weighted by Gasteiger charge is 2.14. The van der Waals surface area contributed by atoms with E-state index in [4.69, 9.17) is 0 Å². The van der Waals surface area contributed by atoms with Gasteiger partial charge in [-0.3, -0.25) is 4.99 Å². The zero-order valence-electron chi connectivity index (χ0n) is 10.5. The van der Waals surface area contributed by atoms with Crippen LogP contribution in [0.2, 0.25) is 0 Å². The molecule has 0 aliphatic rings. The van der Waals surface area contributed by atoms with Crippen LogP contribution in [0.25, 0.3) is 0 Å². The predicted octanol–water partition coefficient (Wildman–Crippen LogP) is 4.46. The third-order valence-electron chi connectivity index (χ3n) is 2.66. The Morgan fingerprint density at radius 1 is 1.07 bits per heavy atom. The normalized spacial score (nSPS) is 12.6. The Morgan fingerprint density at radius 3 is 2.36 bits per heavy atom. The van der Waals surface area contributed by atoms with Crippen molar-refractivity contribution in [1.82, 2.24) is 0 Å². The van der Waals surface area contributed by atoms with E-state index in [1.54, 1.807) is 0 Å². The summed E-state index contributed by atoms with van der Waals surface area (Å²) in [4.78, 5) is 4.45. The molecule has 0 unspecified atom stereocenters. The van der Waals surface area contributed by atoms with Crippen molar-refractivity contribution >= 4 is 6.21 Å². The Bertz CT molecular complexity index is 147. The lowest BCUT2D eigenvalue weighted by atomic mass is 9.85. The van der Waals surface area contributed by atoms with Crippen molar-refractivity contribution in [3.63, 3.8) is 0 Å².